The number of sulfonamides is 1. The standard InChI is InChI=1S/C17H19Cl2N3O3S/c1-11(2)10-20-17(23)21-14-3-5-16(6-4-14)26(24,25)22-15-8-12(18)7-13(19)9-15/h3-9,11,22H,10H2,1-2H3,(H2,20,21,23). The van der Waals surface area contributed by atoms with Crippen LogP contribution in [0.5, 0.6) is 0 Å². The van der Waals surface area contributed by atoms with Gasteiger partial charge in [0.15, 0.2) is 0 Å². The summed E-state index contributed by atoms with van der Waals surface area (Å²) in [6, 6.07) is 9.88. The first-order chi connectivity index (χ1) is 12.2. The number of rotatable bonds is 6. The number of amides is 2. The van der Waals surface area contributed by atoms with Gasteiger partial charge in [-0.1, -0.05) is 37.0 Å². The lowest BCUT2D eigenvalue weighted by molar-refractivity contribution is 0.251. The SMILES string of the molecule is CC(C)CNC(=O)Nc1ccc(S(=O)(=O)Nc2cc(Cl)cc(Cl)c2)cc1. The summed E-state index contributed by atoms with van der Waals surface area (Å²) in [4.78, 5) is 11.8. The number of carbonyl (C=O) groups is 1. The first-order valence-corrected chi connectivity index (χ1v) is 10.0. The summed E-state index contributed by atoms with van der Waals surface area (Å²) in [6.45, 7) is 4.52. The van der Waals surface area contributed by atoms with E-state index in [0.29, 0.717) is 28.2 Å². The van der Waals surface area contributed by atoms with Crippen molar-refractivity contribution < 1.29 is 13.2 Å². The second kappa shape index (κ2) is 8.62. The van der Waals surface area contributed by atoms with Crippen LogP contribution >= 0.6 is 23.2 Å². The molecule has 0 saturated carbocycles. The van der Waals surface area contributed by atoms with Gasteiger partial charge in [-0.15, -0.1) is 0 Å². The molecule has 0 atom stereocenters. The average molecular weight is 416 g/mol. The number of halogens is 2. The Morgan fingerprint density at radius 1 is 1.00 bits per heavy atom. The van der Waals surface area contributed by atoms with Crippen LogP contribution in [0, 0.1) is 5.92 Å². The van der Waals surface area contributed by atoms with Crippen molar-refractivity contribution in [2.45, 2.75) is 18.7 Å². The fourth-order valence-corrected chi connectivity index (χ4v) is 3.58. The molecule has 0 aromatic heterocycles. The molecule has 0 fully saturated rings. The molecule has 0 heterocycles. The Morgan fingerprint density at radius 3 is 2.12 bits per heavy atom. The van der Waals surface area contributed by atoms with Crippen LogP contribution in [0.4, 0.5) is 16.2 Å². The first kappa shape index (κ1) is 20.4. The van der Waals surface area contributed by atoms with Gasteiger partial charge in [-0.05, 0) is 48.4 Å². The van der Waals surface area contributed by atoms with E-state index in [1.54, 1.807) is 0 Å². The van der Waals surface area contributed by atoms with Crippen LogP contribution in [-0.2, 0) is 10.0 Å². The predicted molar refractivity (Wildman–Crippen MR) is 106 cm³/mol. The van der Waals surface area contributed by atoms with Gasteiger partial charge in [0.25, 0.3) is 10.0 Å². The van der Waals surface area contributed by atoms with Crippen LogP contribution in [0.2, 0.25) is 10.0 Å². The third-order valence-electron chi connectivity index (χ3n) is 3.21. The zero-order valence-electron chi connectivity index (χ0n) is 14.2. The topological polar surface area (TPSA) is 87.3 Å². The van der Waals surface area contributed by atoms with Crippen molar-refractivity contribution in [1.29, 1.82) is 0 Å². The Hall–Kier alpha value is -1.96. The lowest BCUT2D eigenvalue weighted by Gasteiger charge is -2.11. The molecule has 2 aromatic carbocycles. The van der Waals surface area contributed by atoms with Gasteiger partial charge in [-0.2, -0.15) is 0 Å². The molecule has 140 valence electrons. The molecule has 3 N–H and O–H groups in total. The highest BCUT2D eigenvalue weighted by molar-refractivity contribution is 7.92. The van der Waals surface area contributed by atoms with Crippen LogP contribution < -0.4 is 15.4 Å². The predicted octanol–water partition coefficient (Wildman–Crippen LogP) is 4.57. The van der Waals surface area contributed by atoms with Gasteiger partial charge in [0.05, 0.1) is 10.6 Å². The molecule has 0 aliphatic heterocycles. The average Bonchev–Trinajstić information content (AvgIpc) is 2.52. The number of hydrogen-bond acceptors (Lipinski definition) is 3. The summed E-state index contributed by atoms with van der Waals surface area (Å²) >= 11 is 11.7. The zero-order chi connectivity index (χ0) is 19.3. The van der Waals surface area contributed by atoms with Gasteiger partial charge in [0.1, 0.15) is 0 Å². The summed E-state index contributed by atoms with van der Waals surface area (Å²) in [5, 5.41) is 6.00. The van der Waals surface area contributed by atoms with Crippen molar-refractivity contribution in [3.05, 3.63) is 52.5 Å². The van der Waals surface area contributed by atoms with E-state index in [0.717, 1.165) is 0 Å². The highest BCUT2D eigenvalue weighted by Gasteiger charge is 2.15. The Labute approximate surface area is 162 Å². The second-order valence-corrected chi connectivity index (χ2v) is 8.57. The maximum Gasteiger partial charge on any atom is 0.319 e. The van der Waals surface area contributed by atoms with Gasteiger partial charge in [-0.3, -0.25) is 4.72 Å². The lowest BCUT2D eigenvalue weighted by atomic mass is 10.2. The van der Waals surface area contributed by atoms with Gasteiger partial charge in [-0.25, -0.2) is 13.2 Å². The lowest BCUT2D eigenvalue weighted by Crippen LogP contribution is -2.31. The van der Waals surface area contributed by atoms with Crippen molar-refractivity contribution in [3.8, 4) is 0 Å². The molecule has 2 aromatic rings. The van der Waals surface area contributed by atoms with E-state index < -0.39 is 10.0 Å². The second-order valence-electron chi connectivity index (χ2n) is 6.02. The first-order valence-electron chi connectivity index (χ1n) is 7.79. The Kier molecular flexibility index (Phi) is 6.75. The molecule has 0 aliphatic carbocycles. The van der Waals surface area contributed by atoms with Crippen molar-refractivity contribution in [1.82, 2.24) is 5.32 Å². The summed E-state index contributed by atoms with van der Waals surface area (Å²) in [7, 11) is -3.81. The van der Waals surface area contributed by atoms with E-state index in [-0.39, 0.29) is 16.6 Å². The van der Waals surface area contributed by atoms with Crippen molar-refractivity contribution >= 4 is 50.6 Å². The van der Waals surface area contributed by atoms with Crippen molar-refractivity contribution in [2.24, 2.45) is 5.92 Å². The summed E-state index contributed by atoms with van der Waals surface area (Å²) in [6.07, 6.45) is 0. The quantitative estimate of drug-likeness (QED) is 0.645. The molecule has 0 aliphatic rings. The van der Waals surface area contributed by atoms with E-state index in [4.69, 9.17) is 23.2 Å². The van der Waals surface area contributed by atoms with Crippen LogP contribution in [0.3, 0.4) is 0 Å². The smallest absolute Gasteiger partial charge is 0.319 e. The molecule has 26 heavy (non-hydrogen) atoms. The van der Waals surface area contributed by atoms with Gasteiger partial charge in [0, 0.05) is 22.3 Å². The molecule has 2 rings (SSSR count). The molecule has 0 spiro atoms. The van der Waals surface area contributed by atoms with Gasteiger partial charge in [0.2, 0.25) is 0 Å². The summed E-state index contributed by atoms with van der Waals surface area (Å²) < 4.78 is 27.3. The normalized spacial score (nSPS) is 11.3. The molecule has 0 radical (unpaired) electrons. The third-order valence-corrected chi connectivity index (χ3v) is 5.04. The molecule has 0 unspecified atom stereocenters. The fourth-order valence-electron chi connectivity index (χ4n) is 2.02. The summed E-state index contributed by atoms with van der Waals surface area (Å²) in [5.74, 6) is 0.333. The van der Waals surface area contributed by atoms with E-state index in [9.17, 15) is 13.2 Å². The Balaban J connectivity index is 2.07. The number of nitrogens with one attached hydrogen (secondary N) is 3. The minimum atomic E-state index is -3.81. The van der Waals surface area contributed by atoms with Crippen LogP contribution in [-0.4, -0.2) is 21.0 Å². The summed E-state index contributed by atoms with van der Waals surface area (Å²) in [5.41, 5.74) is 0.744. The van der Waals surface area contributed by atoms with Crippen LogP contribution in [0.25, 0.3) is 0 Å². The third kappa shape index (κ3) is 6.09. The fraction of sp³-hybridized carbons (Fsp3) is 0.235. The Morgan fingerprint density at radius 2 is 1.58 bits per heavy atom. The largest absolute Gasteiger partial charge is 0.338 e. The van der Waals surface area contributed by atoms with E-state index >= 15 is 0 Å². The minimum absolute atomic E-state index is 0.0433. The minimum Gasteiger partial charge on any atom is -0.338 e. The van der Waals surface area contributed by atoms with Crippen molar-refractivity contribution in [3.63, 3.8) is 0 Å². The molecule has 6 nitrogen and oxygen atoms in total. The molecular formula is C17H19Cl2N3O3S. The maximum absolute atomic E-state index is 12.4. The van der Waals surface area contributed by atoms with Crippen LogP contribution in [0.1, 0.15) is 13.8 Å². The number of benzene rings is 2. The number of carbonyl (C=O) groups excluding carboxylic acids is 1. The van der Waals surface area contributed by atoms with E-state index in [1.807, 2.05) is 13.8 Å². The number of hydrogen-bond donors (Lipinski definition) is 3. The molecule has 0 saturated heterocycles. The molecule has 9 heteroatoms. The van der Waals surface area contributed by atoms with Crippen LogP contribution in [0.15, 0.2) is 47.4 Å². The highest BCUT2D eigenvalue weighted by Crippen LogP contribution is 2.25. The molecular weight excluding hydrogens is 397 g/mol. The number of urea groups is 1. The zero-order valence-corrected chi connectivity index (χ0v) is 16.5. The van der Waals surface area contributed by atoms with Gasteiger partial charge < -0.3 is 10.6 Å². The number of anilines is 2. The van der Waals surface area contributed by atoms with Crippen molar-refractivity contribution in [2.75, 3.05) is 16.6 Å². The van der Waals surface area contributed by atoms with E-state index in [1.165, 1.54) is 42.5 Å². The van der Waals surface area contributed by atoms with Gasteiger partial charge >= 0.3 is 6.03 Å². The monoisotopic (exact) mass is 415 g/mol. The molecule has 0 bridgehead atoms. The highest BCUT2D eigenvalue weighted by atomic mass is 35.5. The molecule has 2 amide bonds. The maximum atomic E-state index is 12.4. The van der Waals surface area contributed by atoms with E-state index in [2.05, 4.69) is 15.4 Å². The Bertz CT molecular complexity index is 864.